The molecule has 2 atom stereocenters. The molecule has 0 saturated carbocycles. The van der Waals surface area contributed by atoms with Crippen molar-refractivity contribution in [1.82, 2.24) is 25.2 Å². The van der Waals surface area contributed by atoms with Crippen molar-refractivity contribution in [1.29, 1.82) is 0 Å². The van der Waals surface area contributed by atoms with Crippen LogP contribution >= 0.6 is 0 Å². The average Bonchev–Trinajstić information content (AvgIpc) is 3.57. The summed E-state index contributed by atoms with van der Waals surface area (Å²) in [5.74, 6) is -3.99. The second-order valence-corrected chi connectivity index (χ2v) is 13.0. The highest BCUT2D eigenvalue weighted by molar-refractivity contribution is 5.67. The summed E-state index contributed by atoms with van der Waals surface area (Å²) in [5, 5.41) is 33.0. The molecule has 2 aliphatic heterocycles. The number of alkyl halides is 2. The molecule has 2 N–H and O–H groups in total. The molecule has 5 aromatic rings. The van der Waals surface area contributed by atoms with Gasteiger partial charge in [-0.1, -0.05) is 50.2 Å². The van der Waals surface area contributed by atoms with E-state index in [0.29, 0.717) is 11.5 Å². The molecule has 1 saturated heterocycles. The fourth-order valence-electron chi connectivity index (χ4n) is 6.68. The Hall–Kier alpha value is -4.81. The third-order valence-corrected chi connectivity index (χ3v) is 9.37. The number of benzene rings is 3. The van der Waals surface area contributed by atoms with Crippen molar-refractivity contribution in [3.8, 4) is 22.5 Å². The Labute approximate surface area is 276 Å². The zero-order valence-corrected chi connectivity index (χ0v) is 26.6. The minimum atomic E-state index is -3.86. The van der Waals surface area contributed by atoms with Gasteiger partial charge >= 0.3 is 5.92 Å². The molecule has 12 heteroatoms. The number of rotatable bonds is 8. The number of halogens is 3. The van der Waals surface area contributed by atoms with E-state index in [9.17, 15) is 14.6 Å². The lowest BCUT2D eigenvalue weighted by atomic mass is 9.80. The molecule has 0 bridgehead atoms. The molecule has 0 aliphatic carbocycles. The van der Waals surface area contributed by atoms with E-state index in [-0.39, 0.29) is 17.0 Å². The van der Waals surface area contributed by atoms with Crippen molar-refractivity contribution in [2.75, 3.05) is 36.0 Å². The maximum absolute atomic E-state index is 16.1. The molecule has 48 heavy (non-hydrogen) atoms. The Morgan fingerprint density at radius 3 is 2.08 bits per heavy atom. The second-order valence-electron chi connectivity index (χ2n) is 13.0. The maximum Gasteiger partial charge on any atom is 0.323 e. The fourth-order valence-corrected chi connectivity index (χ4v) is 6.68. The number of nitrogens with zero attached hydrogens (tertiary/aromatic N) is 7. The summed E-state index contributed by atoms with van der Waals surface area (Å²) in [6.45, 7) is 6.97. The van der Waals surface area contributed by atoms with Gasteiger partial charge in [-0.25, -0.2) is 9.07 Å². The molecule has 4 heterocycles. The predicted octanol–water partition coefficient (Wildman–Crippen LogP) is 5.94. The SMILES string of the molecule is CC(C)CC(O)c1ccc(N2CCN(c3ccc(-c4ccc(C(F)(F)[C@]5(O)Cn6nnnc6-c6cc(F)ccc65)nc4)cc3)CC2)cc1. The number of tetrazole rings is 1. The summed E-state index contributed by atoms with van der Waals surface area (Å²) in [7, 11) is 0. The summed E-state index contributed by atoms with van der Waals surface area (Å²) >= 11 is 0. The third-order valence-electron chi connectivity index (χ3n) is 9.37. The molecule has 1 unspecified atom stereocenters. The lowest BCUT2D eigenvalue weighted by Crippen LogP contribution is -2.49. The standard InChI is InChI=1S/C36H36F3N7O2/c1-23(2)19-32(47)25-5-11-29(12-6-25)45-17-15-44(16-18-45)28-9-3-24(4-10-28)26-7-14-33(40-21-26)36(38,39)35(48)22-46-34(41-42-43-46)30-20-27(37)8-13-31(30)35/h3-14,20-21,23,32,47-48H,15-19,22H2,1-2H3/t32?,35-/m0/s1. The van der Waals surface area contributed by atoms with Crippen LogP contribution in [0, 0.1) is 11.7 Å². The van der Waals surface area contributed by atoms with E-state index in [1.165, 1.54) is 12.3 Å². The van der Waals surface area contributed by atoms with Crippen LogP contribution in [0.4, 0.5) is 24.5 Å². The number of pyridine rings is 1. The number of hydrogen-bond donors (Lipinski definition) is 2. The summed E-state index contributed by atoms with van der Waals surface area (Å²) in [6.07, 6.45) is 1.66. The zero-order valence-electron chi connectivity index (χ0n) is 26.6. The molecule has 3 aromatic carbocycles. The van der Waals surface area contributed by atoms with Gasteiger partial charge in [0, 0.05) is 60.4 Å². The molecule has 0 radical (unpaired) electrons. The van der Waals surface area contributed by atoms with Gasteiger partial charge in [0.1, 0.15) is 11.5 Å². The highest BCUT2D eigenvalue weighted by atomic mass is 19.3. The summed E-state index contributed by atoms with van der Waals surface area (Å²) in [6, 6.07) is 22.1. The quantitative estimate of drug-likeness (QED) is 0.212. The van der Waals surface area contributed by atoms with Crippen LogP contribution < -0.4 is 9.80 Å². The van der Waals surface area contributed by atoms with Gasteiger partial charge in [0.25, 0.3) is 0 Å². The lowest BCUT2D eigenvalue weighted by molar-refractivity contribution is -0.207. The third kappa shape index (κ3) is 5.68. The van der Waals surface area contributed by atoms with E-state index in [2.05, 4.69) is 56.3 Å². The zero-order chi connectivity index (χ0) is 33.6. The monoisotopic (exact) mass is 655 g/mol. The van der Waals surface area contributed by atoms with Crippen LogP contribution in [0.2, 0.25) is 0 Å². The number of hydrogen-bond acceptors (Lipinski definition) is 8. The van der Waals surface area contributed by atoms with Crippen molar-refractivity contribution >= 4 is 11.4 Å². The van der Waals surface area contributed by atoms with Crippen LogP contribution in [0.25, 0.3) is 22.5 Å². The number of fused-ring (bicyclic) bond motifs is 3. The molecule has 0 spiro atoms. The minimum absolute atomic E-state index is 0.00142. The summed E-state index contributed by atoms with van der Waals surface area (Å²) in [4.78, 5) is 8.74. The first kappa shape index (κ1) is 31.8. The van der Waals surface area contributed by atoms with Gasteiger partial charge in [0.05, 0.1) is 12.6 Å². The van der Waals surface area contributed by atoms with Crippen LogP contribution in [-0.4, -0.2) is 61.6 Å². The normalized spacial score (nSPS) is 18.5. The first-order valence-corrected chi connectivity index (χ1v) is 16.0. The molecular formula is C36H36F3N7O2. The van der Waals surface area contributed by atoms with Crippen molar-refractivity contribution in [3.63, 3.8) is 0 Å². The highest BCUT2D eigenvalue weighted by Gasteiger charge is 2.59. The molecule has 2 aliphatic rings. The average molecular weight is 656 g/mol. The van der Waals surface area contributed by atoms with E-state index < -0.39 is 35.7 Å². The van der Waals surface area contributed by atoms with E-state index in [4.69, 9.17) is 0 Å². The lowest BCUT2D eigenvalue weighted by Gasteiger charge is -2.39. The Balaban J connectivity index is 1.02. The van der Waals surface area contributed by atoms with Gasteiger partial charge < -0.3 is 20.0 Å². The number of aliphatic hydroxyl groups excluding tert-OH is 1. The van der Waals surface area contributed by atoms with Crippen molar-refractivity contribution in [2.24, 2.45) is 5.92 Å². The largest absolute Gasteiger partial charge is 0.388 e. The summed E-state index contributed by atoms with van der Waals surface area (Å²) in [5.41, 5.74) is 1.04. The van der Waals surface area contributed by atoms with E-state index in [1.54, 1.807) is 6.07 Å². The fraction of sp³-hybridized carbons (Fsp3) is 0.333. The van der Waals surface area contributed by atoms with Gasteiger partial charge in [0.2, 0.25) is 0 Å². The molecule has 9 nitrogen and oxygen atoms in total. The second kappa shape index (κ2) is 12.3. The molecule has 0 amide bonds. The van der Waals surface area contributed by atoms with E-state index in [1.807, 2.05) is 36.4 Å². The Morgan fingerprint density at radius 2 is 1.48 bits per heavy atom. The molecular weight excluding hydrogens is 619 g/mol. The van der Waals surface area contributed by atoms with Crippen LogP contribution in [0.5, 0.6) is 0 Å². The number of anilines is 2. The Morgan fingerprint density at radius 1 is 0.854 bits per heavy atom. The van der Waals surface area contributed by atoms with Gasteiger partial charge in [0.15, 0.2) is 11.4 Å². The van der Waals surface area contributed by atoms with Crippen LogP contribution in [0.15, 0.2) is 85.1 Å². The number of aliphatic hydroxyl groups is 2. The highest BCUT2D eigenvalue weighted by Crippen LogP contribution is 2.50. The van der Waals surface area contributed by atoms with Gasteiger partial charge in [-0.15, -0.1) is 5.10 Å². The van der Waals surface area contributed by atoms with E-state index in [0.717, 1.165) is 78.0 Å². The number of aromatic nitrogens is 5. The van der Waals surface area contributed by atoms with Crippen molar-refractivity contribution in [2.45, 2.75) is 44.4 Å². The van der Waals surface area contributed by atoms with Crippen molar-refractivity contribution < 1.29 is 23.4 Å². The smallest absolute Gasteiger partial charge is 0.323 e. The first-order chi connectivity index (χ1) is 23.0. The van der Waals surface area contributed by atoms with Gasteiger partial charge in [-0.2, -0.15) is 8.78 Å². The van der Waals surface area contributed by atoms with Crippen LogP contribution in [-0.2, 0) is 18.1 Å². The first-order valence-electron chi connectivity index (χ1n) is 16.0. The maximum atomic E-state index is 16.1. The number of piperazine rings is 1. The molecule has 248 valence electrons. The molecule has 1 fully saturated rings. The minimum Gasteiger partial charge on any atom is -0.388 e. The summed E-state index contributed by atoms with van der Waals surface area (Å²) < 4.78 is 47.4. The topological polar surface area (TPSA) is 103 Å². The van der Waals surface area contributed by atoms with Crippen molar-refractivity contribution in [3.05, 3.63) is 108 Å². The van der Waals surface area contributed by atoms with Gasteiger partial charge in [-0.3, -0.25) is 4.98 Å². The van der Waals surface area contributed by atoms with Crippen LogP contribution in [0.1, 0.15) is 43.2 Å². The van der Waals surface area contributed by atoms with Gasteiger partial charge in [-0.05, 0) is 76.4 Å². The Bertz CT molecular complexity index is 1890. The molecule has 7 rings (SSSR count). The predicted molar refractivity (Wildman–Crippen MR) is 176 cm³/mol. The molecule has 2 aromatic heterocycles. The Kier molecular flexibility index (Phi) is 8.16. The van der Waals surface area contributed by atoms with E-state index >= 15 is 8.78 Å². The van der Waals surface area contributed by atoms with Crippen LogP contribution in [0.3, 0.4) is 0 Å².